The number of nitrogens with zero attached hydrogens (tertiary/aromatic N) is 6. The van der Waals surface area contributed by atoms with Gasteiger partial charge in [0.1, 0.15) is 5.69 Å². The van der Waals surface area contributed by atoms with E-state index in [0.29, 0.717) is 12.0 Å². The van der Waals surface area contributed by atoms with E-state index in [1.54, 1.807) is 0 Å². The molecule has 2 saturated carbocycles. The zero-order valence-electron chi connectivity index (χ0n) is 21.6. The molecule has 2 atom stereocenters. The topological polar surface area (TPSA) is 82.3 Å². The second-order valence-corrected chi connectivity index (χ2v) is 11.1. The molecule has 1 saturated heterocycles. The first-order valence-electron chi connectivity index (χ1n) is 13.8. The second-order valence-electron chi connectivity index (χ2n) is 11.1. The molecule has 2 unspecified atom stereocenters. The first-order valence-corrected chi connectivity index (χ1v) is 13.8. The predicted octanol–water partition coefficient (Wildman–Crippen LogP) is 3.93. The zero-order chi connectivity index (χ0) is 24.6. The fourth-order valence-corrected chi connectivity index (χ4v) is 5.84. The van der Waals surface area contributed by atoms with E-state index in [-0.39, 0.29) is 12.1 Å². The van der Waals surface area contributed by atoms with Gasteiger partial charge in [0, 0.05) is 50.5 Å². The van der Waals surface area contributed by atoms with Crippen LogP contribution in [0.25, 0.3) is 22.3 Å². The van der Waals surface area contributed by atoms with Crippen molar-refractivity contribution in [2.24, 2.45) is 5.92 Å². The van der Waals surface area contributed by atoms with E-state index in [0.717, 1.165) is 86.6 Å². The molecule has 1 aliphatic heterocycles. The van der Waals surface area contributed by atoms with Crippen molar-refractivity contribution in [1.29, 1.82) is 0 Å². The molecule has 0 spiro atoms. The van der Waals surface area contributed by atoms with E-state index in [1.807, 2.05) is 6.20 Å². The first-order chi connectivity index (χ1) is 17.6. The molecule has 6 rings (SSSR count). The molecule has 1 aromatic carbocycles. The van der Waals surface area contributed by atoms with Gasteiger partial charge in [-0.2, -0.15) is 10.1 Å². The van der Waals surface area contributed by atoms with Crippen molar-refractivity contribution in [3.63, 3.8) is 0 Å². The third kappa shape index (κ3) is 4.99. The summed E-state index contributed by atoms with van der Waals surface area (Å²) in [4.78, 5) is 14.6. The van der Waals surface area contributed by atoms with Gasteiger partial charge in [0.15, 0.2) is 5.65 Å². The Morgan fingerprint density at radius 1 is 1.03 bits per heavy atom. The van der Waals surface area contributed by atoms with Gasteiger partial charge in [-0.1, -0.05) is 37.6 Å². The summed E-state index contributed by atoms with van der Waals surface area (Å²) in [6, 6.07) is 9.62. The maximum Gasteiger partial charge on any atom is 0.224 e. The number of anilines is 1. The number of likely N-dealkylation sites (N-methyl/N-ethyl adjacent to an activating group) is 1. The van der Waals surface area contributed by atoms with Gasteiger partial charge >= 0.3 is 0 Å². The Hall–Kier alpha value is -2.55. The Morgan fingerprint density at radius 3 is 2.47 bits per heavy atom. The molecule has 2 aromatic heterocycles. The Morgan fingerprint density at radius 2 is 1.78 bits per heavy atom. The summed E-state index contributed by atoms with van der Waals surface area (Å²) in [5.74, 6) is 1.43. The van der Waals surface area contributed by atoms with Gasteiger partial charge in [-0.25, -0.2) is 9.67 Å². The van der Waals surface area contributed by atoms with Crippen LogP contribution in [-0.2, 0) is 6.54 Å². The van der Waals surface area contributed by atoms with Crippen molar-refractivity contribution in [2.45, 2.75) is 70.2 Å². The maximum absolute atomic E-state index is 10.1. The molecule has 8 heteroatoms. The van der Waals surface area contributed by atoms with Crippen LogP contribution in [0.4, 0.5) is 5.95 Å². The lowest BCUT2D eigenvalue weighted by atomic mass is 9.93. The van der Waals surface area contributed by atoms with E-state index < -0.39 is 0 Å². The number of hydrogen-bond donors (Lipinski definition) is 2. The molecule has 3 heterocycles. The smallest absolute Gasteiger partial charge is 0.224 e. The van der Waals surface area contributed by atoms with Gasteiger partial charge in [-0.15, -0.1) is 0 Å². The van der Waals surface area contributed by atoms with Gasteiger partial charge in [-0.05, 0) is 50.6 Å². The van der Waals surface area contributed by atoms with Gasteiger partial charge in [0.05, 0.1) is 17.5 Å². The van der Waals surface area contributed by atoms with Crippen molar-refractivity contribution < 1.29 is 5.11 Å². The minimum atomic E-state index is -0.192. The van der Waals surface area contributed by atoms with Crippen molar-refractivity contribution >= 4 is 17.0 Å². The van der Waals surface area contributed by atoms with Crippen molar-refractivity contribution in [2.75, 3.05) is 38.5 Å². The van der Waals surface area contributed by atoms with Crippen LogP contribution in [0.3, 0.4) is 0 Å². The number of piperazine rings is 1. The third-order valence-electron chi connectivity index (χ3n) is 8.45. The van der Waals surface area contributed by atoms with Crippen molar-refractivity contribution in [1.82, 2.24) is 29.5 Å². The van der Waals surface area contributed by atoms with Gasteiger partial charge in [0.25, 0.3) is 0 Å². The molecule has 0 radical (unpaired) electrons. The summed E-state index contributed by atoms with van der Waals surface area (Å²) >= 11 is 0. The Balaban J connectivity index is 1.28. The molecule has 3 fully saturated rings. The number of fused-ring (bicyclic) bond motifs is 1. The average Bonchev–Trinajstić information content (AvgIpc) is 3.55. The minimum absolute atomic E-state index is 0.192. The summed E-state index contributed by atoms with van der Waals surface area (Å²) in [7, 11) is 2.20. The fourth-order valence-electron chi connectivity index (χ4n) is 5.84. The zero-order valence-corrected chi connectivity index (χ0v) is 21.6. The molecule has 0 amide bonds. The van der Waals surface area contributed by atoms with Crippen LogP contribution >= 0.6 is 0 Å². The van der Waals surface area contributed by atoms with E-state index >= 15 is 0 Å². The maximum atomic E-state index is 10.1. The van der Waals surface area contributed by atoms with E-state index in [1.165, 1.54) is 18.4 Å². The van der Waals surface area contributed by atoms with Crippen LogP contribution in [0.5, 0.6) is 0 Å². The van der Waals surface area contributed by atoms with E-state index in [4.69, 9.17) is 10.1 Å². The minimum Gasteiger partial charge on any atom is -0.393 e. The van der Waals surface area contributed by atoms with Crippen LogP contribution in [0, 0.1) is 5.92 Å². The second kappa shape index (κ2) is 10.1. The molecule has 3 aromatic rings. The number of aliphatic hydroxyl groups is 1. The van der Waals surface area contributed by atoms with Crippen LogP contribution in [-0.4, -0.2) is 80.0 Å². The van der Waals surface area contributed by atoms with Gasteiger partial charge in [0.2, 0.25) is 5.95 Å². The summed E-state index contributed by atoms with van der Waals surface area (Å²) < 4.78 is 2.12. The van der Waals surface area contributed by atoms with Crippen LogP contribution in [0.15, 0.2) is 30.5 Å². The lowest BCUT2D eigenvalue weighted by Gasteiger charge is -2.32. The Kier molecular flexibility index (Phi) is 6.67. The Bertz CT molecular complexity index is 1180. The summed E-state index contributed by atoms with van der Waals surface area (Å²) in [6.07, 6.45) is 7.63. The first kappa shape index (κ1) is 23.8. The monoisotopic (exact) mass is 489 g/mol. The lowest BCUT2D eigenvalue weighted by molar-refractivity contribution is 0.109. The van der Waals surface area contributed by atoms with Gasteiger partial charge < -0.3 is 15.3 Å². The molecule has 192 valence electrons. The average molecular weight is 490 g/mol. The largest absolute Gasteiger partial charge is 0.393 e. The van der Waals surface area contributed by atoms with Crippen molar-refractivity contribution in [3.8, 4) is 11.3 Å². The van der Waals surface area contributed by atoms with Crippen LogP contribution in [0.2, 0.25) is 0 Å². The molecular weight excluding hydrogens is 450 g/mol. The highest BCUT2D eigenvalue weighted by Crippen LogP contribution is 2.37. The summed E-state index contributed by atoms with van der Waals surface area (Å²) in [6.45, 7) is 7.75. The Labute approximate surface area is 213 Å². The summed E-state index contributed by atoms with van der Waals surface area (Å²) in [5.41, 5.74) is 4.30. The number of rotatable bonds is 7. The van der Waals surface area contributed by atoms with E-state index in [2.05, 4.69) is 63.0 Å². The molecule has 8 nitrogen and oxygen atoms in total. The van der Waals surface area contributed by atoms with Crippen LogP contribution in [0.1, 0.15) is 57.1 Å². The molecule has 36 heavy (non-hydrogen) atoms. The SMILES string of the molecule is CCC1CC1Nc1ncc2c(-c3ccc(CN4CCN(C)CC4)cc3)nn([C@H]3CC[C@H](O)CC3)c2n1. The normalized spacial score (nSPS) is 27.4. The molecule has 2 aliphatic carbocycles. The highest BCUT2D eigenvalue weighted by Gasteiger charge is 2.36. The van der Waals surface area contributed by atoms with E-state index in [9.17, 15) is 5.11 Å². The fraction of sp³-hybridized carbons (Fsp3) is 0.607. The highest BCUT2D eigenvalue weighted by atomic mass is 16.3. The standard InChI is InChI=1S/C28H39N7O/c1-3-20-16-25(20)30-28-29-17-24-26(32-35(27(24)31-28)22-8-10-23(36)11-9-22)21-6-4-19(5-7-21)18-34-14-12-33(2)13-15-34/h4-7,17,20,22-23,25,36H,3,8-16,18H2,1-2H3,(H,29,30,31)/t20?,22-,23-,25?. The number of benzene rings is 1. The van der Waals surface area contributed by atoms with Crippen molar-refractivity contribution in [3.05, 3.63) is 36.0 Å². The highest BCUT2D eigenvalue weighted by molar-refractivity contribution is 5.91. The quantitative estimate of drug-likeness (QED) is 0.520. The number of hydrogen-bond acceptors (Lipinski definition) is 7. The predicted molar refractivity (Wildman–Crippen MR) is 143 cm³/mol. The number of aliphatic hydroxyl groups excluding tert-OH is 1. The van der Waals surface area contributed by atoms with Crippen LogP contribution < -0.4 is 5.32 Å². The molecule has 0 bridgehead atoms. The lowest BCUT2D eigenvalue weighted by Crippen LogP contribution is -2.43. The number of aromatic nitrogens is 4. The molecular formula is C28H39N7O. The number of nitrogens with one attached hydrogen (secondary N) is 1. The van der Waals surface area contributed by atoms with Gasteiger partial charge in [-0.3, -0.25) is 4.90 Å². The molecule has 2 N–H and O–H groups in total. The molecule has 3 aliphatic rings. The summed E-state index contributed by atoms with van der Waals surface area (Å²) in [5, 5.41) is 19.7. The third-order valence-corrected chi connectivity index (χ3v) is 8.45.